The van der Waals surface area contributed by atoms with E-state index >= 15 is 0 Å². The number of carbonyl (C=O) groups is 2. The van der Waals surface area contributed by atoms with Gasteiger partial charge in [0.2, 0.25) is 0 Å². The lowest BCUT2D eigenvalue weighted by Crippen LogP contribution is -2.32. The average molecular weight is 214 g/mol. The molecule has 0 spiro atoms. The van der Waals surface area contributed by atoms with Gasteiger partial charge in [0, 0.05) is 7.11 Å². The van der Waals surface area contributed by atoms with Gasteiger partial charge in [-0.15, -0.1) is 0 Å². The molecule has 5 heteroatoms. The number of hydrogen-bond acceptors (Lipinski definition) is 5. The summed E-state index contributed by atoms with van der Waals surface area (Å²) >= 11 is 0. The summed E-state index contributed by atoms with van der Waals surface area (Å²) in [6, 6.07) is 0. The molecule has 0 saturated carbocycles. The van der Waals surface area contributed by atoms with E-state index in [4.69, 9.17) is 9.47 Å². The Kier molecular flexibility index (Phi) is 3.14. The SMILES string of the molecule is COCC1(C)OC(=O)C(C(=O)OC)=C1C. The lowest BCUT2D eigenvalue weighted by Gasteiger charge is -2.23. The Morgan fingerprint density at radius 1 is 1.47 bits per heavy atom. The van der Waals surface area contributed by atoms with Gasteiger partial charge in [0.25, 0.3) is 0 Å². The van der Waals surface area contributed by atoms with Crippen LogP contribution in [-0.2, 0) is 23.8 Å². The van der Waals surface area contributed by atoms with Crippen LogP contribution in [0, 0.1) is 0 Å². The van der Waals surface area contributed by atoms with E-state index in [0.29, 0.717) is 5.57 Å². The first-order valence-corrected chi connectivity index (χ1v) is 4.48. The van der Waals surface area contributed by atoms with Crippen molar-refractivity contribution in [1.29, 1.82) is 0 Å². The van der Waals surface area contributed by atoms with E-state index in [0.717, 1.165) is 0 Å². The summed E-state index contributed by atoms with van der Waals surface area (Å²) in [6.45, 7) is 3.57. The van der Waals surface area contributed by atoms with Crippen LogP contribution in [-0.4, -0.2) is 38.4 Å². The molecule has 1 heterocycles. The zero-order valence-electron chi connectivity index (χ0n) is 9.25. The number of carbonyl (C=O) groups excluding carboxylic acids is 2. The third-order valence-corrected chi connectivity index (χ3v) is 2.50. The summed E-state index contributed by atoms with van der Waals surface area (Å²) in [5, 5.41) is 0. The Morgan fingerprint density at radius 3 is 2.53 bits per heavy atom. The highest BCUT2D eigenvalue weighted by atomic mass is 16.6. The van der Waals surface area contributed by atoms with E-state index in [1.165, 1.54) is 14.2 Å². The maximum absolute atomic E-state index is 11.4. The van der Waals surface area contributed by atoms with E-state index < -0.39 is 17.5 Å². The maximum Gasteiger partial charge on any atom is 0.346 e. The predicted molar refractivity (Wildman–Crippen MR) is 51.1 cm³/mol. The number of ether oxygens (including phenoxy) is 3. The Bertz CT molecular complexity index is 331. The summed E-state index contributed by atoms with van der Waals surface area (Å²) < 4.78 is 14.6. The van der Waals surface area contributed by atoms with Crippen molar-refractivity contribution in [3.05, 3.63) is 11.1 Å². The Morgan fingerprint density at radius 2 is 2.07 bits per heavy atom. The van der Waals surface area contributed by atoms with Gasteiger partial charge in [0.05, 0.1) is 13.7 Å². The van der Waals surface area contributed by atoms with Crippen molar-refractivity contribution in [1.82, 2.24) is 0 Å². The quantitative estimate of drug-likeness (QED) is 0.504. The van der Waals surface area contributed by atoms with E-state index in [9.17, 15) is 9.59 Å². The summed E-state index contributed by atoms with van der Waals surface area (Å²) in [6.07, 6.45) is 0. The zero-order valence-corrected chi connectivity index (χ0v) is 9.25. The van der Waals surface area contributed by atoms with Gasteiger partial charge in [-0.3, -0.25) is 0 Å². The van der Waals surface area contributed by atoms with Crippen LogP contribution in [0.15, 0.2) is 11.1 Å². The van der Waals surface area contributed by atoms with Crippen LogP contribution in [0.25, 0.3) is 0 Å². The van der Waals surface area contributed by atoms with Gasteiger partial charge in [-0.05, 0) is 19.4 Å². The molecule has 1 aliphatic rings. The summed E-state index contributed by atoms with van der Waals surface area (Å²) in [4.78, 5) is 22.7. The van der Waals surface area contributed by atoms with Crippen LogP contribution in [0.2, 0.25) is 0 Å². The molecule has 0 aliphatic carbocycles. The highest BCUT2D eigenvalue weighted by Gasteiger charge is 2.44. The van der Waals surface area contributed by atoms with Crippen LogP contribution in [0.1, 0.15) is 13.8 Å². The molecule has 1 unspecified atom stereocenters. The largest absolute Gasteiger partial charge is 0.465 e. The maximum atomic E-state index is 11.4. The molecule has 0 saturated heterocycles. The number of rotatable bonds is 3. The Hall–Kier alpha value is -1.36. The van der Waals surface area contributed by atoms with Gasteiger partial charge >= 0.3 is 11.9 Å². The molecule has 0 amide bonds. The second-order valence-electron chi connectivity index (χ2n) is 3.54. The van der Waals surface area contributed by atoms with Crippen molar-refractivity contribution in [3.63, 3.8) is 0 Å². The van der Waals surface area contributed by atoms with Gasteiger partial charge in [-0.1, -0.05) is 0 Å². The first-order valence-electron chi connectivity index (χ1n) is 4.48. The first kappa shape index (κ1) is 11.7. The molecule has 0 bridgehead atoms. The highest BCUT2D eigenvalue weighted by Crippen LogP contribution is 2.32. The molecule has 0 aromatic rings. The summed E-state index contributed by atoms with van der Waals surface area (Å²) in [5.41, 5.74) is -0.353. The average Bonchev–Trinajstić information content (AvgIpc) is 2.38. The van der Waals surface area contributed by atoms with Crippen LogP contribution in [0.5, 0.6) is 0 Å². The smallest absolute Gasteiger partial charge is 0.346 e. The minimum Gasteiger partial charge on any atom is -0.465 e. The first-order chi connectivity index (χ1) is 6.96. The third kappa shape index (κ3) is 1.87. The molecule has 0 N–H and O–H groups in total. The van der Waals surface area contributed by atoms with E-state index in [1.807, 2.05) is 0 Å². The minimum atomic E-state index is -0.866. The molecule has 1 rings (SSSR count). The van der Waals surface area contributed by atoms with Crippen LogP contribution >= 0.6 is 0 Å². The molecule has 5 nitrogen and oxygen atoms in total. The number of hydrogen-bond donors (Lipinski definition) is 0. The lowest BCUT2D eigenvalue weighted by molar-refractivity contribution is -0.151. The second-order valence-corrected chi connectivity index (χ2v) is 3.54. The fourth-order valence-corrected chi connectivity index (χ4v) is 1.50. The van der Waals surface area contributed by atoms with E-state index in [-0.39, 0.29) is 12.2 Å². The highest BCUT2D eigenvalue weighted by molar-refractivity contribution is 6.16. The fraction of sp³-hybridized carbons (Fsp3) is 0.600. The van der Waals surface area contributed by atoms with Gasteiger partial charge in [-0.2, -0.15) is 0 Å². The van der Waals surface area contributed by atoms with E-state index in [1.54, 1.807) is 13.8 Å². The molecule has 84 valence electrons. The number of methoxy groups -OCH3 is 2. The van der Waals surface area contributed by atoms with Crippen molar-refractivity contribution in [2.24, 2.45) is 0 Å². The molecular weight excluding hydrogens is 200 g/mol. The van der Waals surface area contributed by atoms with E-state index in [2.05, 4.69) is 4.74 Å². The molecule has 1 aliphatic heterocycles. The van der Waals surface area contributed by atoms with Gasteiger partial charge in [-0.25, -0.2) is 9.59 Å². The van der Waals surface area contributed by atoms with Crippen LogP contribution < -0.4 is 0 Å². The Labute approximate surface area is 88.0 Å². The van der Waals surface area contributed by atoms with Crippen LogP contribution in [0.4, 0.5) is 0 Å². The Balaban J connectivity index is 3.08. The zero-order chi connectivity index (χ0) is 11.6. The fourth-order valence-electron chi connectivity index (χ4n) is 1.50. The molecule has 0 radical (unpaired) electrons. The predicted octanol–water partition coefficient (Wildman–Crippen LogP) is 0.438. The normalized spacial score (nSPS) is 25.5. The third-order valence-electron chi connectivity index (χ3n) is 2.50. The number of cyclic esters (lactones) is 1. The molecule has 0 fully saturated rings. The topological polar surface area (TPSA) is 61.8 Å². The molecule has 0 aromatic heterocycles. The molecular formula is C10H14O5. The van der Waals surface area contributed by atoms with Gasteiger partial charge in [0.1, 0.15) is 5.57 Å². The monoisotopic (exact) mass is 214 g/mol. The molecule has 15 heavy (non-hydrogen) atoms. The lowest BCUT2D eigenvalue weighted by atomic mass is 9.96. The van der Waals surface area contributed by atoms with Gasteiger partial charge < -0.3 is 14.2 Å². The summed E-state index contributed by atoms with van der Waals surface area (Å²) in [5.74, 6) is -1.32. The van der Waals surface area contributed by atoms with Crippen molar-refractivity contribution in [2.45, 2.75) is 19.4 Å². The minimum absolute atomic E-state index is 0.0305. The van der Waals surface area contributed by atoms with Crippen molar-refractivity contribution >= 4 is 11.9 Å². The standard InChI is InChI=1S/C10H14O5/c1-6-7(8(11)14-4)9(12)15-10(6,2)5-13-3/h5H2,1-4H3. The van der Waals surface area contributed by atoms with Crippen molar-refractivity contribution < 1.29 is 23.8 Å². The molecule has 0 aromatic carbocycles. The summed E-state index contributed by atoms with van der Waals surface area (Å²) in [7, 11) is 2.73. The van der Waals surface area contributed by atoms with Crippen molar-refractivity contribution in [3.8, 4) is 0 Å². The molecule has 1 atom stereocenters. The number of esters is 2. The van der Waals surface area contributed by atoms with Crippen LogP contribution in [0.3, 0.4) is 0 Å². The van der Waals surface area contributed by atoms with Crippen molar-refractivity contribution in [2.75, 3.05) is 20.8 Å². The second kappa shape index (κ2) is 4.02. The van der Waals surface area contributed by atoms with Gasteiger partial charge in [0.15, 0.2) is 5.60 Å².